The van der Waals surface area contributed by atoms with Crippen LogP contribution in [0, 0.1) is 96.4 Å². The summed E-state index contributed by atoms with van der Waals surface area (Å²) in [7, 11) is -6.09. The van der Waals surface area contributed by atoms with Gasteiger partial charge in [0.1, 0.15) is 0 Å². The Morgan fingerprint density at radius 1 is 0.436 bits per heavy atom. The van der Waals surface area contributed by atoms with Crippen LogP contribution in [0.5, 0.6) is 0 Å². The Morgan fingerprint density at radius 3 is 0.709 bits per heavy atom. The van der Waals surface area contributed by atoms with E-state index >= 15 is 0 Å². The van der Waals surface area contributed by atoms with E-state index in [-0.39, 0.29) is 22.4 Å². The van der Waals surface area contributed by atoms with E-state index in [0.29, 0.717) is 0 Å². The molecule has 0 fully saturated rings. The predicted molar refractivity (Wildman–Crippen MR) is 213 cm³/mol. The Morgan fingerprint density at radius 2 is 0.582 bits per heavy atom. The maximum absolute atomic E-state index is 10.7. The summed E-state index contributed by atoms with van der Waals surface area (Å²) in [6, 6.07) is 17.8. The van der Waals surface area contributed by atoms with E-state index in [1.165, 1.54) is 89.5 Å². The van der Waals surface area contributed by atoms with E-state index in [2.05, 4.69) is 189 Å². The fraction of sp³-hybridized carbons (Fsp3) is 0.302. The van der Waals surface area contributed by atoms with Crippen molar-refractivity contribution in [2.24, 2.45) is 0 Å². The second-order valence-corrected chi connectivity index (χ2v) is 15.5. The number of aryl methyl sites for hydroxylation is 12. The van der Waals surface area contributed by atoms with Gasteiger partial charge in [0.25, 0.3) is 0 Å². The standard InChI is InChI=1S/2C21H24N2.CHF3O3S.Ag/c2*1-14-9-16(3)20(17(4)10-14)22-7-8-23(13-22)21-18(5)11-15(2)12-19(21)6;2-1(3,4)8(5,6)7;/h2*7-12H,1-6H3;(H,5,6,7);/q;;;+1/p-1. The van der Waals surface area contributed by atoms with Gasteiger partial charge in [-0.05, 0) is 128 Å². The van der Waals surface area contributed by atoms with Gasteiger partial charge in [-0.1, -0.05) is 70.8 Å². The summed E-state index contributed by atoms with van der Waals surface area (Å²) < 4.78 is 58.9. The van der Waals surface area contributed by atoms with E-state index < -0.39 is 15.6 Å². The van der Waals surface area contributed by atoms with Gasteiger partial charge in [0.05, 0.1) is 0 Å². The third kappa shape index (κ3) is 10.9. The number of benzene rings is 4. The van der Waals surface area contributed by atoms with Crippen molar-refractivity contribution < 1.29 is 48.5 Å². The molecule has 0 saturated heterocycles. The minimum atomic E-state index is -6.09. The summed E-state index contributed by atoms with van der Waals surface area (Å²) in [6.45, 7) is 32.8. The fourth-order valence-corrected chi connectivity index (χ4v) is 7.34. The maximum atomic E-state index is 10.7. The smallest absolute Gasteiger partial charge is 0.741 e. The zero-order valence-electron chi connectivity index (χ0n) is 33.3. The molecule has 0 spiro atoms. The number of halogens is 3. The van der Waals surface area contributed by atoms with Crippen LogP contribution in [0.1, 0.15) is 66.8 Å². The Bertz CT molecular complexity index is 1860. The molecule has 0 unspecified atom stereocenters. The van der Waals surface area contributed by atoms with Crippen molar-refractivity contribution in [3.05, 3.63) is 153 Å². The zero-order valence-corrected chi connectivity index (χ0v) is 35.6. The Kier molecular flexibility index (Phi) is 14.7. The molecule has 2 aliphatic rings. The molecule has 0 atom stereocenters. The van der Waals surface area contributed by atoms with Gasteiger partial charge in [-0.15, -0.1) is 0 Å². The monoisotopic (exact) mass is 864 g/mol. The molecule has 6 rings (SSSR count). The normalized spacial score (nSPS) is 13.7. The van der Waals surface area contributed by atoms with E-state index in [4.69, 9.17) is 13.0 Å². The second kappa shape index (κ2) is 17.9. The molecular formula is C43H48AgF3N4O3S. The van der Waals surface area contributed by atoms with Crippen molar-refractivity contribution in [2.45, 2.75) is 88.6 Å². The first kappa shape index (κ1) is 45.4. The van der Waals surface area contributed by atoms with E-state index in [1.807, 2.05) is 0 Å². The molecule has 55 heavy (non-hydrogen) atoms. The van der Waals surface area contributed by atoms with Crippen LogP contribution in [0.3, 0.4) is 0 Å². The van der Waals surface area contributed by atoms with Crippen LogP contribution in [-0.4, -0.2) is 18.5 Å². The van der Waals surface area contributed by atoms with Crippen LogP contribution in [0.15, 0.2) is 73.3 Å². The average Bonchev–Trinajstić information content (AvgIpc) is 3.65. The van der Waals surface area contributed by atoms with Crippen molar-refractivity contribution in [3.63, 3.8) is 0 Å². The molecule has 7 nitrogen and oxygen atoms in total. The third-order valence-electron chi connectivity index (χ3n) is 8.95. The van der Waals surface area contributed by atoms with Crippen LogP contribution < -0.4 is 19.6 Å². The summed E-state index contributed by atoms with van der Waals surface area (Å²) in [5.41, 5.74) is 14.6. The molecule has 12 heteroatoms. The molecule has 296 valence electrons. The first-order valence-electron chi connectivity index (χ1n) is 17.4. The average molecular weight is 866 g/mol. The van der Waals surface area contributed by atoms with Gasteiger partial charge in [-0.2, -0.15) is 13.2 Å². The minimum absolute atomic E-state index is 0. The topological polar surface area (TPSA) is 70.2 Å². The van der Waals surface area contributed by atoms with Crippen LogP contribution in [0.4, 0.5) is 35.9 Å². The molecule has 0 N–H and O–H groups in total. The number of hydrogen-bond acceptors (Lipinski definition) is 7. The molecule has 4 aromatic rings. The van der Waals surface area contributed by atoms with Crippen LogP contribution in [0.2, 0.25) is 0 Å². The SMILES string of the molecule is Cc1cc(C)c(N2[C]N(c3c(C)cc(C)cc3C)C=C2)c(C)c1.Cc1cc(C)c(N2[C]N(c3c(C)cc(C)cc3C)C=C2)c(C)c1.O=S(=O)([O-])C(F)(F)F.[Ag+]. The zero-order chi connectivity index (χ0) is 40.4. The van der Waals surface area contributed by atoms with E-state index in [0.717, 1.165) is 0 Å². The summed E-state index contributed by atoms with van der Waals surface area (Å²) in [5.74, 6) is 0. The van der Waals surface area contributed by atoms with Crippen LogP contribution in [0.25, 0.3) is 0 Å². The molecule has 0 aliphatic carbocycles. The predicted octanol–water partition coefficient (Wildman–Crippen LogP) is 10.7. The molecule has 0 bridgehead atoms. The van der Waals surface area contributed by atoms with E-state index in [9.17, 15) is 13.2 Å². The molecule has 0 saturated carbocycles. The molecule has 2 heterocycles. The summed E-state index contributed by atoms with van der Waals surface area (Å²) in [5, 5.41) is 0. The molecular weight excluding hydrogens is 817 g/mol. The van der Waals surface area contributed by atoms with Crippen LogP contribution >= 0.6 is 0 Å². The molecule has 0 aromatic heterocycles. The largest absolute Gasteiger partial charge is 1.00 e. The van der Waals surface area contributed by atoms with E-state index in [1.54, 1.807) is 0 Å². The number of alkyl halides is 3. The van der Waals surface area contributed by atoms with Gasteiger partial charge < -0.3 is 24.2 Å². The van der Waals surface area contributed by atoms with Gasteiger partial charge >= 0.3 is 27.9 Å². The van der Waals surface area contributed by atoms with Crippen molar-refractivity contribution in [3.8, 4) is 0 Å². The van der Waals surface area contributed by atoms with Crippen molar-refractivity contribution in [1.82, 2.24) is 0 Å². The third-order valence-corrected chi connectivity index (χ3v) is 9.52. The quantitative estimate of drug-likeness (QED) is 0.115. The minimum Gasteiger partial charge on any atom is -0.741 e. The number of rotatable bonds is 4. The summed E-state index contributed by atoms with van der Waals surface area (Å²) in [4.78, 5) is 8.40. The Labute approximate surface area is 341 Å². The summed E-state index contributed by atoms with van der Waals surface area (Å²) >= 11 is 0. The molecule has 2 aliphatic heterocycles. The van der Waals surface area contributed by atoms with Crippen molar-refractivity contribution >= 4 is 32.9 Å². The molecule has 4 aromatic carbocycles. The molecule has 0 amide bonds. The maximum Gasteiger partial charge on any atom is 1.00 e. The molecule has 4 radical (unpaired) electrons. The van der Waals surface area contributed by atoms with Gasteiger partial charge in [0.2, 0.25) is 13.3 Å². The fourth-order valence-electron chi connectivity index (χ4n) is 7.34. The van der Waals surface area contributed by atoms with Gasteiger partial charge in [0, 0.05) is 47.5 Å². The van der Waals surface area contributed by atoms with Crippen LogP contribution in [-0.2, 0) is 32.5 Å². The number of nitrogens with zero attached hydrogens (tertiary/aromatic N) is 4. The second-order valence-electron chi connectivity index (χ2n) is 14.2. The Balaban J connectivity index is 0.000000244. The number of hydrogen-bond donors (Lipinski definition) is 0. The first-order valence-corrected chi connectivity index (χ1v) is 18.8. The van der Waals surface area contributed by atoms with Crippen molar-refractivity contribution in [2.75, 3.05) is 19.6 Å². The Hall–Kier alpha value is -4.00. The van der Waals surface area contributed by atoms with Gasteiger partial charge in [-0.25, -0.2) is 8.42 Å². The van der Waals surface area contributed by atoms with Gasteiger partial charge in [-0.3, -0.25) is 0 Å². The number of anilines is 4. The first-order chi connectivity index (χ1) is 25.0. The van der Waals surface area contributed by atoms with Crippen molar-refractivity contribution in [1.29, 1.82) is 0 Å². The summed E-state index contributed by atoms with van der Waals surface area (Å²) in [6.07, 6.45) is 8.35. The van der Waals surface area contributed by atoms with Gasteiger partial charge in [0.15, 0.2) is 10.1 Å².